The summed E-state index contributed by atoms with van der Waals surface area (Å²) in [7, 11) is 0. The first kappa shape index (κ1) is 17.9. The third-order valence-corrected chi connectivity index (χ3v) is 4.02. The summed E-state index contributed by atoms with van der Waals surface area (Å²) >= 11 is 5.84. The van der Waals surface area contributed by atoms with Gasteiger partial charge in [-0.15, -0.1) is 0 Å². The maximum absolute atomic E-state index is 11.9. The average Bonchev–Trinajstić information content (AvgIpc) is 2.54. The van der Waals surface area contributed by atoms with Crippen LogP contribution in [0.1, 0.15) is 17.7 Å². The van der Waals surface area contributed by atoms with Crippen LogP contribution < -0.4 is 10.6 Å². The molecule has 0 aromatic carbocycles. The zero-order valence-electron chi connectivity index (χ0n) is 13.7. The molecule has 0 saturated carbocycles. The summed E-state index contributed by atoms with van der Waals surface area (Å²) in [6.07, 6.45) is 0.934. The van der Waals surface area contributed by atoms with Gasteiger partial charge in [0.25, 0.3) is 0 Å². The molecular weight excluding hydrogens is 318 g/mol. The van der Waals surface area contributed by atoms with Crippen molar-refractivity contribution < 1.29 is 9.53 Å². The van der Waals surface area contributed by atoms with Gasteiger partial charge in [-0.2, -0.15) is 0 Å². The van der Waals surface area contributed by atoms with Crippen molar-refractivity contribution >= 4 is 23.3 Å². The number of carbonyl (C=O) groups is 1. The molecule has 7 nitrogen and oxygen atoms in total. The quantitative estimate of drug-likeness (QED) is 0.569. The lowest BCUT2D eigenvalue weighted by atomic mass is 10.2. The summed E-state index contributed by atoms with van der Waals surface area (Å²) < 4.78 is 5.31. The minimum absolute atomic E-state index is 0.0567. The second-order valence-corrected chi connectivity index (χ2v) is 5.90. The Kier molecular flexibility index (Phi) is 7.01. The van der Waals surface area contributed by atoms with Crippen molar-refractivity contribution in [1.82, 2.24) is 20.2 Å². The number of rotatable bonds is 7. The standard InChI is InChI=1S/C15H24ClN5O2/c1-11-12(2)19-15(16)20-14(11)18-10-13(22)17-4-3-5-21-6-8-23-9-7-21/h3-10H2,1-2H3,(H,17,22)(H,18,19,20). The molecular formula is C15H24ClN5O2. The Labute approximate surface area is 141 Å². The van der Waals surface area contributed by atoms with E-state index in [2.05, 4.69) is 25.5 Å². The summed E-state index contributed by atoms with van der Waals surface area (Å²) in [6, 6.07) is 0. The number of morpholine rings is 1. The second-order valence-electron chi connectivity index (χ2n) is 5.56. The number of aryl methyl sites for hydroxylation is 1. The molecule has 0 unspecified atom stereocenters. The number of amides is 1. The van der Waals surface area contributed by atoms with Crippen molar-refractivity contribution in [1.29, 1.82) is 0 Å². The number of aromatic nitrogens is 2. The fraction of sp³-hybridized carbons (Fsp3) is 0.667. The normalized spacial score (nSPS) is 15.4. The maximum Gasteiger partial charge on any atom is 0.239 e. The fourth-order valence-electron chi connectivity index (χ4n) is 2.35. The van der Waals surface area contributed by atoms with Crippen LogP contribution in [0.25, 0.3) is 0 Å². The van der Waals surface area contributed by atoms with Crippen LogP contribution in [0.2, 0.25) is 5.28 Å². The van der Waals surface area contributed by atoms with Gasteiger partial charge in [-0.1, -0.05) is 0 Å². The third-order valence-electron chi connectivity index (χ3n) is 3.86. The Bertz CT molecular complexity index is 535. The number of halogens is 1. The zero-order valence-corrected chi connectivity index (χ0v) is 14.4. The predicted octanol–water partition coefficient (Wildman–Crippen LogP) is 0.997. The molecule has 0 spiro atoms. The van der Waals surface area contributed by atoms with Gasteiger partial charge in [0.15, 0.2) is 0 Å². The molecule has 1 aliphatic rings. The van der Waals surface area contributed by atoms with E-state index < -0.39 is 0 Å². The monoisotopic (exact) mass is 341 g/mol. The molecule has 1 fully saturated rings. The van der Waals surface area contributed by atoms with E-state index in [1.807, 2.05) is 13.8 Å². The zero-order chi connectivity index (χ0) is 16.7. The Morgan fingerprint density at radius 1 is 1.30 bits per heavy atom. The van der Waals surface area contributed by atoms with Crippen molar-refractivity contribution in [3.05, 3.63) is 16.5 Å². The average molecular weight is 342 g/mol. The molecule has 1 aliphatic heterocycles. The summed E-state index contributed by atoms with van der Waals surface area (Å²) in [5.41, 5.74) is 1.70. The molecule has 128 valence electrons. The molecule has 2 heterocycles. The number of ether oxygens (including phenoxy) is 1. The molecule has 2 N–H and O–H groups in total. The van der Waals surface area contributed by atoms with Gasteiger partial charge in [0, 0.05) is 30.9 Å². The van der Waals surface area contributed by atoms with E-state index >= 15 is 0 Å². The Morgan fingerprint density at radius 3 is 2.78 bits per heavy atom. The van der Waals surface area contributed by atoms with Crippen LogP contribution >= 0.6 is 11.6 Å². The van der Waals surface area contributed by atoms with Crippen LogP contribution in [-0.2, 0) is 9.53 Å². The Hall–Kier alpha value is -1.44. The first-order chi connectivity index (χ1) is 11.1. The molecule has 2 rings (SSSR count). The smallest absolute Gasteiger partial charge is 0.239 e. The van der Waals surface area contributed by atoms with E-state index in [0.717, 1.165) is 50.5 Å². The van der Waals surface area contributed by atoms with Gasteiger partial charge in [0.2, 0.25) is 11.2 Å². The highest BCUT2D eigenvalue weighted by Crippen LogP contribution is 2.16. The molecule has 8 heteroatoms. The Balaban J connectivity index is 1.65. The van der Waals surface area contributed by atoms with Crippen LogP contribution in [-0.4, -0.2) is 66.7 Å². The van der Waals surface area contributed by atoms with Gasteiger partial charge >= 0.3 is 0 Å². The fourth-order valence-corrected chi connectivity index (χ4v) is 2.56. The first-order valence-electron chi connectivity index (χ1n) is 7.87. The van der Waals surface area contributed by atoms with Gasteiger partial charge in [-0.05, 0) is 38.4 Å². The van der Waals surface area contributed by atoms with Gasteiger partial charge in [-0.3, -0.25) is 9.69 Å². The second kappa shape index (κ2) is 9.00. The topological polar surface area (TPSA) is 79.4 Å². The molecule has 0 atom stereocenters. The van der Waals surface area contributed by atoms with Gasteiger partial charge in [-0.25, -0.2) is 9.97 Å². The number of hydrogen-bond acceptors (Lipinski definition) is 6. The lowest BCUT2D eigenvalue weighted by molar-refractivity contribution is -0.119. The van der Waals surface area contributed by atoms with E-state index in [1.165, 1.54) is 0 Å². The number of nitrogens with zero attached hydrogens (tertiary/aromatic N) is 3. The highest BCUT2D eigenvalue weighted by molar-refractivity contribution is 6.28. The molecule has 0 bridgehead atoms. The minimum atomic E-state index is -0.0567. The molecule has 0 aliphatic carbocycles. The molecule has 23 heavy (non-hydrogen) atoms. The van der Waals surface area contributed by atoms with Crippen LogP contribution in [0.5, 0.6) is 0 Å². The summed E-state index contributed by atoms with van der Waals surface area (Å²) in [4.78, 5) is 22.4. The van der Waals surface area contributed by atoms with E-state index in [-0.39, 0.29) is 17.7 Å². The van der Waals surface area contributed by atoms with E-state index in [9.17, 15) is 4.79 Å². The molecule has 1 aromatic rings. The molecule has 1 amide bonds. The van der Waals surface area contributed by atoms with Crippen molar-refractivity contribution in [2.45, 2.75) is 20.3 Å². The molecule has 1 saturated heterocycles. The first-order valence-corrected chi connectivity index (χ1v) is 8.25. The Morgan fingerprint density at radius 2 is 2.04 bits per heavy atom. The number of hydrogen-bond donors (Lipinski definition) is 2. The van der Waals surface area contributed by atoms with Gasteiger partial charge < -0.3 is 15.4 Å². The predicted molar refractivity (Wildman–Crippen MR) is 89.9 cm³/mol. The van der Waals surface area contributed by atoms with Crippen LogP contribution in [0.15, 0.2) is 0 Å². The maximum atomic E-state index is 11.9. The van der Waals surface area contributed by atoms with E-state index in [0.29, 0.717) is 12.4 Å². The summed E-state index contributed by atoms with van der Waals surface area (Å²) in [5.74, 6) is 0.546. The van der Waals surface area contributed by atoms with Crippen molar-refractivity contribution in [2.75, 3.05) is 51.3 Å². The van der Waals surface area contributed by atoms with Crippen LogP contribution in [0, 0.1) is 13.8 Å². The van der Waals surface area contributed by atoms with E-state index in [4.69, 9.17) is 16.3 Å². The highest BCUT2D eigenvalue weighted by atomic mass is 35.5. The highest BCUT2D eigenvalue weighted by Gasteiger charge is 2.10. The summed E-state index contributed by atoms with van der Waals surface area (Å²) in [6.45, 7) is 9.13. The van der Waals surface area contributed by atoms with Gasteiger partial charge in [0.05, 0.1) is 19.8 Å². The number of nitrogens with one attached hydrogen (secondary N) is 2. The van der Waals surface area contributed by atoms with Crippen molar-refractivity contribution in [3.8, 4) is 0 Å². The van der Waals surface area contributed by atoms with Crippen molar-refractivity contribution in [2.24, 2.45) is 0 Å². The number of carbonyl (C=O) groups excluding carboxylic acids is 1. The lowest BCUT2D eigenvalue weighted by Crippen LogP contribution is -2.38. The minimum Gasteiger partial charge on any atom is -0.379 e. The van der Waals surface area contributed by atoms with Crippen molar-refractivity contribution in [3.63, 3.8) is 0 Å². The summed E-state index contributed by atoms with van der Waals surface area (Å²) in [5, 5.41) is 6.10. The van der Waals surface area contributed by atoms with E-state index in [1.54, 1.807) is 0 Å². The SMILES string of the molecule is Cc1nc(Cl)nc(NCC(=O)NCCCN2CCOCC2)c1C. The molecule has 1 aromatic heterocycles. The van der Waals surface area contributed by atoms with Gasteiger partial charge in [0.1, 0.15) is 5.82 Å². The van der Waals surface area contributed by atoms with Crippen LogP contribution in [0.4, 0.5) is 5.82 Å². The largest absolute Gasteiger partial charge is 0.379 e. The number of anilines is 1. The van der Waals surface area contributed by atoms with Crippen LogP contribution in [0.3, 0.4) is 0 Å². The molecule has 0 radical (unpaired) electrons. The third kappa shape index (κ3) is 5.93. The lowest BCUT2D eigenvalue weighted by Gasteiger charge is -2.26.